The molecule has 0 spiro atoms. The number of nitrogens with one attached hydrogen (secondary N) is 2. The molecule has 182 valence electrons. The summed E-state index contributed by atoms with van der Waals surface area (Å²) in [7, 11) is 0. The van der Waals surface area contributed by atoms with Gasteiger partial charge in [0.05, 0.1) is 0 Å². The number of anilines is 1. The van der Waals surface area contributed by atoms with Crippen LogP contribution >= 0.6 is 11.3 Å². The Morgan fingerprint density at radius 2 is 1.71 bits per heavy atom. The molecule has 0 bridgehead atoms. The molecule has 1 fully saturated rings. The number of hydrogen-bond acceptors (Lipinski definition) is 6. The van der Waals surface area contributed by atoms with E-state index in [0.717, 1.165) is 16.9 Å². The molecule has 3 amide bonds. The molecule has 0 saturated carbocycles. The van der Waals surface area contributed by atoms with Crippen molar-refractivity contribution in [3.63, 3.8) is 0 Å². The average molecular weight is 496 g/mol. The summed E-state index contributed by atoms with van der Waals surface area (Å²) in [6.45, 7) is 3.10. The van der Waals surface area contributed by atoms with Crippen LogP contribution in [0.1, 0.15) is 50.0 Å². The number of rotatable bonds is 7. The lowest BCUT2D eigenvalue weighted by Crippen LogP contribution is -2.39. The Morgan fingerprint density at radius 1 is 1.03 bits per heavy atom. The van der Waals surface area contributed by atoms with Crippen LogP contribution in [0.5, 0.6) is 0 Å². The molecule has 3 aromatic rings. The summed E-state index contributed by atoms with van der Waals surface area (Å²) in [5.74, 6) is -1.01. The Balaban J connectivity index is 1.23. The van der Waals surface area contributed by atoms with E-state index < -0.39 is 5.91 Å². The van der Waals surface area contributed by atoms with Crippen molar-refractivity contribution >= 4 is 34.7 Å². The summed E-state index contributed by atoms with van der Waals surface area (Å²) in [5.41, 5.74) is 2.17. The van der Waals surface area contributed by atoms with Crippen molar-refractivity contribution in [2.24, 2.45) is 5.92 Å². The summed E-state index contributed by atoms with van der Waals surface area (Å²) in [6.07, 6.45) is 1.69. The second-order valence-electron chi connectivity index (χ2n) is 8.54. The number of piperidine rings is 1. The third kappa shape index (κ3) is 6.48. The highest BCUT2D eigenvalue weighted by Crippen LogP contribution is 2.23. The number of carbonyl (C=O) groups excluding carboxylic acids is 3. The van der Waals surface area contributed by atoms with Crippen LogP contribution in [-0.4, -0.2) is 45.9 Å². The van der Waals surface area contributed by atoms with Gasteiger partial charge in [0.2, 0.25) is 15.9 Å². The van der Waals surface area contributed by atoms with E-state index in [1.165, 1.54) is 6.07 Å². The predicted molar refractivity (Wildman–Crippen MR) is 131 cm³/mol. The van der Waals surface area contributed by atoms with Gasteiger partial charge in [0, 0.05) is 37.3 Å². The number of benzene rings is 2. The molecule has 1 aromatic heterocycles. The van der Waals surface area contributed by atoms with Crippen LogP contribution in [-0.2, 0) is 11.3 Å². The average Bonchev–Trinajstić information content (AvgIpc) is 3.36. The van der Waals surface area contributed by atoms with Crippen LogP contribution in [0, 0.1) is 18.7 Å². The molecule has 2 heterocycles. The van der Waals surface area contributed by atoms with Crippen LogP contribution in [0.15, 0.2) is 48.5 Å². The highest BCUT2D eigenvalue weighted by Gasteiger charge is 2.28. The smallest absolute Gasteiger partial charge is 0.286 e. The summed E-state index contributed by atoms with van der Waals surface area (Å²) in [6, 6.07) is 13.7. The number of aromatic nitrogens is 2. The third-order valence-electron chi connectivity index (χ3n) is 5.92. The Kier molecular flexibility index (Phi) is 7.81. The van der Waals surface area contributed by atoms with E-state index in [2.05, 4.69) is 20.8 Å². The molecule has 0 atom stereocenters. The van der Waals surface area contributed by atoms with Gasteiger partial charge in [-0.25, -0.2) is 4.39 Å². The van der Waals surface area contributed by atoms with Crippen molar-refractivity contribution in [2.45, 2.75) is 32.7 Å². The first-order chi connectivity index (χ1) is 16.9. The zero-order valence-corrected chi connectivity index (χ0v) is 20.1. The van der Waals surface area contributed by atoms with Gasteiger partial charge in [-0.1, -0.05) is 47.2 Å². The molecule has 0 radical (unpaired) electrons. The minimum atomic E-state index is -0.412. The molecule has 2 aromatic carbocycles. The maximum absolute atomic E-state index is 13.7. The molecule has 0 aliphatic carbocycles. The first-order valence-electron chi connectivity index (χ1n) is 11.4. The van der Waals surface area contributed by atoms with Crippen LogP contribution in [0.2, 0.25) is 0 Å². The van der Waals surface area contributed by atoms with Crippen LogP contribution < -0.4 is 10.6 Å². The zero-order valence-electron chi connectivity index (χ0n) is 19.3. The molecule has 8 nitrogen and oxygen atoms in total. The molecule has 35 heavy (non-hydrogen) atoms. The number of amides is 3. The van der Waals surface area contributed by atoms with E-state index in [-0.39, 0.29) is 40.1 Å². The Bertz CT molecular complexity index is 1210. The minimum absolute atomic E-state index is 0.121. The lowest BCUT2D eigenvalue weighted by molar-refractivity contribution is -0.122. The standard InChI is InChI=1S/C25H26FN5O3S/c1-16-6-8-19(9-7-16)28-22(33)23-29-30-24(35-23)25(34)31-12-10-17(11-13-31)14-21(32)27-15-18-4-2-3-5-20(18)26/h2-9,17H,10-15H2,1H3,(H,27,32)(H,28,33). The summed E-state index contributed by atoms with van der Waals surface area (Å²) in [4.78, 5) is 39.2. The minimum Gasteiger partial charge on any atom is -0.352 e. The van der Waals surface area contributed by atoms with E-state index in [4.69, 9.17) is 0 Å². The Hall–Kier alpha value is -3.66. The maximum atomic E-state index is 13.7. The lowest BCUT2D eigenvalue weighted by Gasteiger charge is -2.31. The molecule has 1 aliphatic rings. The summed E-state index contributed by atoms with van der Waals surface area (Å²) in [5, 5.41) is 13.6. The highest BCUT2D eigenvalue weighted by molar-refractivity contribution is 7.15. The van der Waals surface area contributed by atoms with Crippen molar-refractivity contribution < 1.29 is 18.8 Å². The van der Waals surface area contributed by atoms with E-state index in [9.17, 15) is 18.8 Å². The van der Waals surface area contributed by atoms with E-state index in [0.29, 0.717) is 43.6 Å². The number of nitrogens with zero attached hydrogens (tertiary/aromatic N) is 3. The van der Waals surface area contributed by atoms with Gasteiger partial charge in [-0.2, -0.15) is 0 Å². The second-order valence-corrected chi connectivity index (χ2v) is 9.52. The van der Waals surface area contributed by atoms with Gasteiger partial charge in [-0.05, 0) is 43.9 Å². The molecular formula is C25H26FN5O3S. The second kappa shape index (κ2) is 11.2. The molecule has 0 unspecified atom stereocenters. The lowest BCUT2D eigenvalue weighted by atomic mass is 9.93. The van der Waals surface area contributed by atoms with Crippen molar-refractivity contribution in [2.75, 3.05) is 18.4 Å². The maximum Gasteiger partial charge on any atom is 0.286 e. The van der Waals surface area contributed by atoms with E-state index in [1.807, 2.05) is 19.1 Å². The Morgan fingerprint density at radius 3 is 2.43 bits per heavy atom. The molecule has 10 heteroatoms. The molecule has 1 saturated heterocycles. The SMILES string of the molecule is Cc1ccc(NC(=O)c2nnc(C(=O)N3CCC(CC(=O)NCc4ccccc4F)CC3)s2)cc1. The largest absolute Gasteiger partial charge is 0.352 e. The number of aryl methyl sites for hydroxylation is 1. The van der Waals surface area contributed by atoms with Crippen LogP contribution in [0.25, 0.3) is 0 Å². The highest BCUT2D eigenvalue weighted by atomic mass is 32.1. The first kappa shape index (κ1) is 24.5. The van der Waals surface area contributed by atoms with Gasteiger partial charge in [-0.15, -0.1) is 10.2 Å². The monoisotopic (exact) mass is 495 g/mol. The van der Waals surface area contributed by atoms with Gasteiger partial charge < -0.3 is 15.5 Å². The molecule has 4 rings (SSSR count). The van der Waals surface area contributed by atoms with Crippen LogP contribution in [0.4, 0.5) is 10.1 Å². The van der Waals surface area contributed by atoms with Crippen molar-refractivity contribution in [3.8, 4) is 0 Å². The van der Waals surface area contributed by atoms with E-state index >= 15 is 0 Å². The van der Waals surface area contributed by atoms with Gasteiger partial charge in [-0.3, -0.25) is 14.4 Å². The number of carbonyl (C=O) groups is 3. The fraction of sp³-hybridized carbons (Fsp3) is 0.320. The first-order valence-corrected chi connectivity index (χ1v) is 12.2. The number of hydrogen-bond donors (Lipinski definition) is 2. The quantitative estimate of drug-likeness (QED) is 0.519. The third-order valence-corrected chi connectivity index (χ3v) is 6.83. The number of likely N-dealkylation sites (tertiary alicyclic amines) is 1. The van der Waals surface area contributed by atoms with Crippen LogP contribution in [0.3, 0.4) is 0 Å². The molecule has 1 aliphatic heterocycles. The zero-order chi connectivity index (χ0) is 24.8. The van der Waals surface area contributed by atoms with Gasteiger partial charge in [0.25, 0.3) is 11.8 Å². The molecule has 2 N–H and O–H groups in total. The van der Waals surface area contributed by atoms with Crippen molar-refractivity contribution in [3.05, 3.63) is 75.5 Å². The topological polar surface area (TPSA) is 104 Å². The fourth-order valence-corrected chi connectivity index (χ4v) is 4.57. The molecular weight excluding hydrogens is 469 g/mol. The van der Waals surface area contributed by atoms with Crippen molar-refractivity contribution in [1.29, 1.82) is 0 Å². The fourth-order valence-electron chi connectivity index (χ4n) is 3.87. The van der Waals surface area contributed by atoms with Gasteiger partial charge in [0.15, 0.2) is 0 Å². The van der Waals surface area contributed by atoms with E-state index in [1.54, 1.807) is 35.2 Å². The number of halogens is 1. The van der Waals surface area contributed by atoms with Crippen molar-refractivity contribution in [1.82, 2.24) is 20.4 Å². The Labute approximate surface area is 206 Å². The predicted octanol–water partition coefficient (Wildman–Crippen LogP) is 3.80. The van der Waals surface area contributed by atoms with Gasteiger partial charge in [0.1, 0.15) is 5.82 Å². The summed E-state index contributed by atoms with van der Waals surface area (Å²) < 4.78 is 13.7. The summed E-state index contributed by atoms with van der Waals surface area (Å²) >= 11 is 0.962. The normalized spacial score (nSPS) is 13.9. The van der Waals surface area contributed by atoms with Gasteiger partial charge >= 0.3 is 0 Å².